The molecule has 0 saturated heterocycles. The molecule has 0 aromatic heterocycles. The molecular formula is C24H26N2O4S. The van der Waals surface area contributed by atoms with Gasteiger partial charge in [-0.15, -0.1) is 0 Å². The van der Waals surface area contributed by atoms with Gasteiger partial charge in [-0.25, -0.2) is 8.42 Å². The van der Waals surface area contributed by atoms with E-state index in [0.29, 0.717) is 5.69 Å². The number of amides is 1. The summed E-state index contributed by atoms with van der Waals surface area (Å²) in [5.41, 5.74) is 2.78. The van der Waals surface area contributed by atoms with Crippen molar-refractivity contribution in [1.29, 1.82) is 0 Å². The van der Waals surface area contributed by atoms with Crippen LogP contribution in [0, 0.1) is 6.92 Å². The largest absolute Gasteiger partial charge is 0.497 e. The Morgan fingerprint density at radius 3 is 2.26 bits per heavy atom. The van der Waals surface area contributed by atoms with Crippen molar-refractivity contribution in [3.8, 4) is 5.75 Å². The maximum Gasteiger partial charge on any atom is 0.264 e. The lowest BCUT2D eigenvalue weighted by molar-refractivity contribution is 0.0939. The highest BCUT2D eigenvalue weighted by Gasteiger charge is 2.23. The minimum Gasteiger partial charge on any atom is -0.497 e. The molecule has 1 N–H and O–H groups in total. The summed E-state index contributed by atoms with van der Waals surface area (Å²) < 4.78 is 32.5. The monoisotopic (exact) mass is 438 g/mol. The lowest BCUT2D eigenvalue weighted by atomic mass is 10.1. The van der Waals surface area contributed by atoms with Gasteiger partial charge in [-0.05, 0) is 61.9 Å². The summed E-state index contributed by atoms with van der Waals surface area (Å²) in [7, 11) is -0.717. The molecule has 0 unspecified atom stereocenters. The summed E-state index contributed by atoms with van der Waals surface area (Å²) in [5.74, 6) is 0.385. The minimum absolute atomic E-state index is 0.0559. The number of ether oxygens (including phenoxy) is 1. The van der Waals surface area contributed by atoms with Crippen molar-refractivity contribution in [3.05, 3.63) is 89.5 Å². The zero-order valence-electron chi connectivity index (χ0n) is 18.0. The van der Waals surface area contributed by atoms with Crippen molar-refractivity contribution in [1.82, 2.24) is 5.32 Å². The molecule has 0 fully saturated rings. The Morgan fingerprint density at radius 2 is 1.65 bits per heavy atom. The molecule has 0 spiro atoms. The van der Waals surface area contributed by atoms with E-state index in [1.165, 1.54) is 23.5 Å². The second kappa shape index (κ2) is 9.22. The van der Waals surface area contributed by atoms with Gasteiger partial charge >= 0.3 is 0 Å². The molecule has 0 heterocycles. The van der Waals surface area contributed by atoms with E-state index in [1.54, 1.807) is 31.4 Å². The van der Waals surface area contributed by atoms with Crippen molar-refractivity contribution in [2.75, 3.05) is 18.5 Å². The van der Waals surface area contributed by atoms with Crippen LogP contribution >= 0.6 is 0 Å². The molecular weight excluding hydrogens is 412 g/mol. The molecule has 0 aliphatic rings. The Labute approximate surface area is 183 Å². The number of hydrogen-bond donors (Lipinski definition) is 1. The Morgan fingerprint density at radius 1 is 1.00 bits per heavy atom. The predicted molar refractivity (Wildman–Crippen MR) is 122 cm³/mol. The number of methoxy groups -OCH3 is 1. The van der Waals surface area contributed by atoms with Crippen LogP contribution in [-0.4, -0.2) is 28.5 Å². The zero-order chi connectivity index (χ0) is 22.6. The van der Waals surface area contributed by atoms with Crippen LogP contribution in [-0.2, 0) is 10.0 Å². The van der Waals surface area contributed by atoms with Gasteiger partial charge in [0.25, 0.3) is 15.9 Å². The third kappa shape index (κ3) is 5.06. The fourth-order valence-corrected chi connectivity index (χ4v) is 4.35. The number of nitrogens with zero attached hydrogens (tertiary/aromatic N) is 1. The molecule has 7 heteroatoms. The Kier molecular flexibility index (Phi) is 6.65. The molecule has 3 aromatic rings. The van der Waals surface area contributed by atoms with Crippen molar-refractivity contribution in [2.45, 2.75) is 24.8 Å². The van der Waals surface area contributed by atoms with E-state index in [4.69, 9.17) is 4.74 Å². The quantitative estimate of drug-likeness (QED) is 0.596. The summed E-state index contributed by atoms with van der Waals surface area (Å²) in [6, 6.07) is 20.4. The molecule has 162 valence electrons. The van der Waals surface area contributed by atoms with Crippen LogP contribution in [0.2, 0.25) is 0 Å². The molecule has 1 amide bonds. The molecule has 0 saturated carbocycles. The van der Waals surface area contributed by atoms with Crippen molar-refractivity contribution in [2.24, 2.45) is 0 Å². The highest BCUT2D eigenvalue weighted by Crippen LogP contribution is 2.23. The van der Waals surface area contributed by atoms with Crippen LogP contribution in [0.5, 0.6) is 5.75 Å². The molecule has 0 bridgehead atoms. The summed E-state index contributed by atoms with van der Waals surface area (Å²) in [6.45, 7) is 3.80. The van der Waals surface area contributed by atoms with Crippen LogP contribution in [0.15, 0.2) is 77.7 Å². The average Bonchev–Trinajstić information content (AvgIpc) is 2.79. The Hall–Kier alpha value is -3.32. The molecule has 31 heavy (non-hydrogen) atoms. The zero-order valence-corrected chi connectivity index (χ0v) is 18.8. The first-order chi connectivity index (χ1) is 14.7. The van der Waals surface area contributed by atoms with Gasteiger partial charge in [0.05, 0.1) is 23.7 Å². The number of carbonyl (C=O) groups excluding carboxylic acids is 1. The number of anilines is 1. The third-order valence-electron chi connectivity index (χ3n) is 5.12. The van der Waals surface area contributed by atoms with Gasteiger partial charge in [-0.3, -0.25) is 9.10 Å². The van der Waals surface area contributed by atoms with Crippen LogP contribution in [0.4, 0.5) is 5.69 Å². The fraction of sp³-hybridized carbons (Fsp3) is 0.208. The van der Waals surface area contributed by atoms with Gasteiger partial charge in [-0.2, -0.15) is 0 Å². The summed E-state index contributed by atoms with van der Waals surface area (Å²) >= 11 is 0. The van der Waals surface area contributed by atoms with Crippen LogP contribution in [0.1, 0.15) is 34.5 Å². The number of aryl methyl sites for hydroxylation is 1. The van der Waals surface area contributed by atoms with E-state index in [2.05, 4.69) is 5.32 Å². The topological polar surface area (TPSA) is 75.7 Å². The summed E-state index contributed by atoms with van der Waals surface area (Å²) in [4.78, 5) is 12.8. The van der Waals surface area contributed by atoms with Gasteiger partial charge in [0.1, 0.15) is 5.75 Å². The SMILES string of the molecule is COc1ccc([C@@H](C)NC(=O)c2cccc(S(=O)(=O)N(C)c3ccc(C)cc3)c2)cc1. The van der Waals surface area contributed by atoms with Crippen LogP contribution in [0.25, 0.3) is 0 Å². The number of benzene rings is 3. The van der Waals surface area contributed by atoms with Gasteiger partial charge in [-0.1, -0.05) is 35.9 Å². The summed E-state index contributed by atoms with van der Waals surface area (Å²) in [5, 5.41) is 2.91. The Balaban J connectivity index is 1.79. The smallest absolute Gasteiger partial charge is 0.264 e. The molecule has 0 aliphatic carbocycles. The Bertz CT molecular complexity index is 1160. The molecule has 3 aromatic carbocycles. The number of rotatable bonds is 7. The highest BCUT2D eigenvalue weighted by atomic mass is 32.2. The van der Waals surface area contributed by atoms with E-state index >= 15 is 0 Å². The van der Waals surface area contributed by atoms with E-state index in [1.807, 2.05) is 50.2 Å². The van der Waals surface area contributed by atoms with Crippen LogP contribution < -0.4 is 14.4 Å². The van der Waals surface area contributed by atoms with Gasteiger partial charge in [0.15, 0.2) is 0 Å². The van der Waals surface area contributed by atoms with E-state index in [9.17, 15) is 13.2 Å². The first-order valence-corrected chi connectivity index (χ1v) is 11.3. The average molecular weight is 439 g/mol. The van der Waals surface area contributed by atoms with Crippen molar-refractivity contribution >= 4 is 21.6 Å². The maximum absolute atomic E-state index is 13.1. The molecule has 0 aliphatic heterocycles. The minimum atomic E-state index is -3.81. The molecule has 6 nitrogen and oxygen atoms in total. The number of nitrogens with one attached hydrogen (secondary N) is 1. The second-order valence-corrected chi connectivity index (χ2v) is 9.27. The van der Waals surface area contributed by atoms with E-state index < -0.39 is 10.0 Å². The van der Waals surface area contributed by atoms with Gasteiger partial charge in [0, 0.05) is 12.6 Å². The van der Waals surface area contributed by atoms with Gasteiger partial charge < -0.3 is 10.1 Å². The van der Waals surface area contributed by atoms with Crippen molar-refractivity contribution in [3.63, 3.8) is 0 Å². The first-order valence-electron chi connectivity index (χ1n) is 9.83. The number of sulfonamides is 1. The lowest BCUT2D eigenvalue weighted by Gasteiger charge is -2.20. The third-order valence-corrected chi connectivity index (χ3v) is 6.90. The maximum atomic E-state index is 13.1. The standard InChI is InChI=1S/C24H26N2O4S/c1-17-8-12-21(13-9-17)26(3)31(28,29)23-7-5-6-20(16-23)24(27)25-18(2)19-10-14-22(30-4)15-11-19/h5-16,18H,1-4H3,(H,25,27)/t18-/m1/s1. The van der Waals surface area contributed by atoms with E-state index in [0.717, 1.165) is 16.9 Å². The summed E-state index contributed by atoms with van der Waals surface area (Å²) in [6.07, 6.45) is 0. The molecule has 3 rings (SSSR count). The fourth-order valence-electron chi connectivity index (χ4n) is 3.11. The van der Waals surface area contributed by atoms with Crippen LogP contribution in [0.3, 0.4) is 0 Å². The van der Waals surface area contributed by atoms with Crippen molar-refractivity contribution < 1.29 is 17.9 Å². The second-order valence-electron chi connectivity index (χ2n) is 7.30. The normalized spacial score (nSPS) is 12.1. The first kappa shape index (κ1) is 22.4. The lowest BCUT2D eigenvalue weighted by Crippen LogP contribution is -2.28. The molecule has 1 atom stereocenters. The predicted octanol–water partition coefficient (Wildman–Crippen LogP) is 4.32. The van der Waals surface area contributed by atoms with Gasteiger partial charge in [0.2, 0.25) is 0 Å². The highest BCUT2D eigenvalue weighted by molar-refractivity contribution is 7.92. The number of carbonyl (C=O) groups is 1. The van der Waals surface area contributed by atoms with E-state index in [-0.39, 0.29) is 22.4 Å². The molecule has 0 radical (unpaired) electrons. The number of hydrogen-bond acceptors (Lipinski definition) is 4.